The summed E-state index contributed by atoms with van der Waals surface area (Å²) in [5.41, 5.74) is 1.38. The molecule has 3 aromatic rings. The van der Waals surface area contributed by atoms with Gasteiger partial charge in [0.15, 0.2) is 11.4 Å². The van der Waals surface area contributed by atoms with Gasteiger partial charge in [-0.2, -0.15) is 0 Å². The Labute approximate surface area is 195 Å². The third-order valence-corrected chi connectivity index (χ3v) is 6.20. The number of aromatic nitrogens is 3. The van der Waals surface area contributed by atoms with E-state index in [1.165, 1.54) is 18.4 Å². The number of halogens is 1. The van der Waals surface area contributed by atoms with Gasteiger partial charge in [0.05, 0.1) is 18.2 Å². The third kappa shape index (κ3) is 4.18. The van der Waals surface area contributed by atoms with Crippen molar-refractivity contribution in [3.63, 3.8) is 0 Å². The lowest BCUT2D eigenvalue weighted by atomic mass is 9.96. The Kier molecular flexibility index (Phi) is 5.87. The molecule has 9 nitrogen and oxygen atoms in total. The standard InChI is InChI=1S/C24H25FN6O3/c1-16(23(32)29-10-12-30(13-11-29)24(33)19-3-2-14-34-19)27-22-21(17-4-6-18(25)7-5-17)28-20-15-26-8-9-31(20)22/h2-4,6-9,14-17,27H,5,10-13H2,1H3. The number of amides is 2. The molecule has 2 aliphatic rings. The summed E-state index contributed by atoms with van der Waals surface area (Å²) < 4.78 is 20.6. The molecule has 4 heterocycles. The highest BCUT2D eigenvalue weighted by atomic mass is 19.1. The second-order valence-corrected chi connectivity index (χ2v) is 8.40. The van der Waals surface area contributed by atoms with E-state index < -0.39 is 6.04 Å². The van der Waals surface area contributed by atoms with Gasteiger partial charge in [0.1, 0.15) is 17.7 Å². The fourth-order valence-corrected chi connectivity index (χ4v) is 4.35. The molecule has 0 saturated carbocycles. The predicted octanol–water partition coefficient (Wildman–Crippen LogP) is 3.00. The molecule has 1 aliphatic heterocycles. The van der Waals surface area contributed by atoms with E-state index in [4.69, 9.17) is 9.40 Å². The lowest BCUT2D eigenvalue weighted by Gasteiger charge is -2.35. The van der Waals surface area contributed by atoms with Crippen LogP contribution in [0.4, 0.5) is 10.2 Å². The summed E-state index contributed by atoms with van der Waals surface area (Å²) in [6, 6.07) is 2.79. The number of carbonyl (C=O) groups excluding carboxylic acids is 2. The molecule has 0 bridgehead atoms. The summed E-state index contributed by atoms with van der Waals surface area (Å²) in [7, 11) is 0. The maximum Gasteiger partial charge on any atom is 0.289 e. The van der Waals surface area contributed by atoms with Gasteiger partial charge >= 0.3 is 0 Å². The van der Waals surface area contributed by atoms with Crippen molar-refractivity contribution in [2.75, 3.05) is 31.5 Å². The molecule has 1 aliphatic carbocycles. The van der Waals surface area contributed by atoms with Gasteiger partial charge in [0.2, 0.25) is 5.91 Å². The van der Waals surface area contributed by atoms with Crippen LogP contribution in [0.1, 0.15) is 35.5 Å². The minimum absolute atomic E-state index is 0.0646. The van der Waals surface area contributed by atoms with E-state index in [0.29, 0.717) is 49.8 Å². The van der Waals surface area contributed by atoms with Crippen LogP contribution in [0.2, 0.25) is 0 Å². The highest BCUT2D eigenvalue weighted by Gasteiger charge is 2.30. The van der Waals surface area contributed by atoms with E-state index in [0.717, 1.165) is 5.69 Å². The summed E-state index contributed by atoms with van der Waals surface area (Å²) in [6.07, 6.45) is 11.8. The zero-order valence-corrected chi connectivity index (χ0v) is 18.7. The number of hydrogen-bond acceptors (Lipinski definition) is 6. The van der Waals surface area contributed by atoms with Crippen molar-refractivity contribution >= 4 is 23.3 Å². The monoisotopic (exact) mass is 464 g/mol. The highest BCUT2D eigenvalue weighted by molar-refractivity contribution is 5.92. The van der Waals surface area contributed by atoms with E-state index in [1.807, 2.05) is 11.3 Å². The number of allylic oxidation sites excluding steroid dienone is 4. The molecular formula is C24H25FN6O3. The van der Waals surface area contributed by atoms with E-state index in [2.05, 4.69) is 10.3 Å². The lowest BCUT2D eigenvalue weighted by Crippen LogP contribution is -2.53. The number of piperazine rings is 1. The quantitative estimate of drug-likeness (QED) is 0.624. The lowest BCUT2D eigenvalue weighted by molar-refractivity contribution is -0.133. The number of fused-ring (bicyclic) bond motifs is 1. The van der Waals surface area contributed by atoms with Crippen molar-refractivity contribution in [2.24, 2.45) is 0 Å². The highest BCUT2D eigenvalue weighted by Crippen LogP contribution is 2.32. The minimum atomic E-state index is -0.529. The molecule has 2 unspecified atom stereocenters. The van der Waals surface area contributed by atoms with Crippen LogP contribution in [0.3, 0.4) is 0 Å². The molecule has 2 atom stereocenters. The Morgan fingerprint density at radius 1 is 1.24 bits per heavy atom. The molecule has 5 rings (SSSR count). The van der Waals surface area contributed by atoms with Gasteiger partial charge in [0.25, 0.3) is 5.91 Å². The maximum absolute atomic E-state index is 13.5. The third-order valence-electron chi connectivity index (χ3n) is 6.20. The van der Waals surface area contributed by atoms with Crippen LogP contribution < -0.4 is 5.32 Å². The molecule has 2 amide bonds. The van der Waals surface area contributed by atoms with Gasteiger partial charge in [-0.15, -0.1) is 0 Å². The van der Waals surface area contributed by atoms with Crippen LogP contribution in [0.5, 0.6) is 0 Å². The van der Waals surface area contributed by atoms with E-state index in [-0.39, 0.29) is 23.6 Å². The number of furan rings is 1. The van der Waals surface area contributed by atoms with Crippen LogP contribution in [0, 0.1) is 0 Å². The molecule has 0 spiro atoms. The summed E-state index contributed by atoms with van der Waals surface area (Å²) in [5, 5.41) is 3.33. The van der Waals surface area contributed by atoms with E-state index in [1.54, 1.807) is 46.6 Å². The average Bonchev–Trinajstić information content (AvgIpc) is 3.53. The zero-order valence-electron chi connectivity index (χ0n) is 18.7. The van der Waals surface area contributed by atoms with Gasteiger partial charge < -0.3 is 19.5 Å². The summed E-state index contributed by atoms with van der Waals surface area (Å²) in [5.74, 6) is 0.388. The minimum Gasteiger partial charge on any atom is -0.459 e. The molecule has 0 aromatic carbocycles. The molecule has 1 saturated heterocycles. The molecular weight excluding hydrogens is 439 g/mol. The molecule has 1 N–H and O–H groups in total. The molecule has 10 heteroatoms. The molecule has 34 heavy (non-hydrogen) atoms. The van der Waals surface area contributed by atoms with Gasteiger partial charge in [0, 0.05) is 44.5 Å². The largest absolute Gasteiger partial charge is 0.459 e. The van der Waals surface area contributed by atoms with Crippen molar-refractivity contribution in [3.05, 3.63) is 72.5 Å². The van der Waals surface area contributed by atoms with Gasteiger partial charge in [-0.3, -0.25) is 19.0 Å². The Hall–Kier alpha value is -3.95. The van der Waals surface area contributed by atoms with Gasteiger partial charge in [-0.05, 0) is 37.6 Å². The first-order valence-electron chi connectivity index (χ1n) is 11.2. The predicted molar refractivity (Wildman–Crippen MR) is 123 cm³/mol. The smallest absolute Gasteiger partial charge is 0.289 e. The zero-order chi connectivity index (χ0) is 23.7. The van der Waals surface area contributed by atoms with Crippen molar-refractivity contribution in [2.45, 2.75) is 25.3 Å². The average molecular weight is 465 g/mol. The fourth-order valence-electron chi connectivity index (χ4n) is 4.35. The number of carbonyl (C=O) groups is 2. The number of rotatable bonds is 5. The first-order chi connectivity index (χ1) is 16.5. The number of nitrogens with zero attached hydrogens (tertiary/aromatic N) is 5. The first kappa shape index (κ1) is 21.9. The molecule has 0 radical (unpaired) electrons. The van der Waals surface area contributed by atoms with Crippen LogP contribution in [-0.2, 0) is 4.79 Å². The Balaban J connectivity index is 1.29. The van der Waals surface area contributed by atoms with Gasteiger partial charge in [-0.1, -0.05) is 6.08 Å². The number of nitrogens with one attached hydrogen (secondary N) is 1. The Bertz CT molecular complexity index is 1260. The Morgan fingerprint density at radius 3 is 2.74 bits per heavy atom. The topological polar surface area (TPSA) is 96.0 Å². The SMILES string of the molecule is CC(Nc1c(C2C=CC(F)=CC2)nc2cnccn12)C(=O)N1CCN(C(=O)c2ccco2)CC1. The molecule has 176 valence electrons. The van der Waals surface area contributed by atoms with Gasteiger partial charge in [-0.25, -0.2) is 9.37 Å². The van der Waals surface area contributed by atoms with Crippen molar-refractivity contribution < 1.29 is 18.4 Å². The molecule has 3 aromatic heterocycles. The number of anilines is 1. The van der Waals surface area contributed by atoms with Crippen LogP contribution in [-0.4, -0.2) is 68.2 Å². The number of imidazole rings is 1. The molecule has 1 fully saturated rings. The van der Waals surface area contributed by atoms with E-state index >= 15 is 0 Å². The van der Waals surface area contributed by atoms with Crippen molar-refractivity contribution in [1.29, 1.82) is 0 Å². The van der Waals surface area contributed by atoms with Crippen molar-refractivity contribution in [3.8, 4) is 0 Å². The first-order valence-corrected chi connectivity index (χ1v) is 11.2. The number of hydrogen-bond donors (Lipinski definition) is 1. The summed E-state index contributed by atoms with van der Waals surface area (Å²) >= 11 is 0. The summed E-state index contributed by atoms with van der Waals surface area (Å²) in [4.78, 5) is 38.0. The van der Waals surface area contributed by atoms with Crippen LogP contribution in [0.15, 0.2) is 65.5 Å². The second kappa shape index (κ2) is 9.12. The van der Waals surface area contributed by atoms with Crippen molar-refractivity contribution in [1.82, 2.24) is 24.2 Å². The Morgan fingerprint density at radius 2 is 2.03 bits per heavy atom. The maximum atomic E-state index is 13.5. The fraction of sp³-hybridized carbons (Fsp3) is 0.333. The normalized spacial score (nSPS) is 19.2. The van der Waals surface area contributed by atoms with Crippen LogP contribution in [0.25, 0.3) is 5.65 Å². The second-order valence-electron chi connectivity index (χ2n) is 8.40. The summed E-state index contributed by atoms with van der Waals surface area (Å²) in [6.45, 7) is 3.57. The van der Waals surface area contributed by atoms with E-state index in [9.17, 15) is 14.0 Å². The van der Waals surface area contributed by atoms with Crippen LogP contribution >= 0.6 is 0 Å².